The predicted octanol–water partition coefficient (Wildman–Crippen LogP) is 3.57. The average molecular weight is 368 g/mol. The lowest BCUT2D eigenvalue weighted by Gasteiger charge is -2.16. The second-order valence-electron chi connectivity index (χ2n) is 6.32. The van der Waals surface area contributed by atoms with Crippen molar-refractivity contribution in [3.63, 3.8) is 0 Å². The van der Waals surface area contributed by atoms with Gasteiger partial charge in [-0.3, -0.25) is 9.59 Å². The highest BCUT2D eigenvalue weighted by molar-refractivity contribution is 5.97. The smallest absolute Gasteiger partial charge is 0.257 e. The molecule has 1 N–H and O–H groups in total. The number of pyridine rings is 1. The molecule has 3 aromatic rings. The Morgan fingerprint density at radius 1 is 1.26 bits per heavy atom. The largest absolute Gasteiger partial charge is 0.491 e. The number of para-hydroxylation sites is 1. The first-order valence-corrected chi connectivity index (χ1v) is 8.73. The van der Waals surface area contributed by atoms with Crippen LogP contribution in [0.3, 0.4) is 0 Å². The van der Waals surface area contributed by atoms with E-state index in [2.05, 4.69) is 5.32 Å². The highest BCUT2D eigenvalue weighted by Gasteiger charge is 2.18. The van der Waals surface area contributed by atoms with E-state index in [1.54, 1.807) is 43.7 Å². The van der Waals surface area contributed by atoms with Crippen molar-refractivity contribution in [1.29, 1.82) is 0 Å². The van der Waals surface area contributed by atoms with Crippen molar-refractivity contribution in [3.05, 3.63) is 75.8 Å². The molecule has 0 spiro atoms. The zero-order valence-electron chi connectivity index (χ0n) is 15.5. The van der Waals surface area contributed by atoms with Crippen LogP contribution >= 0.6 is 0 Å². The van der Waals surface area contributed by atoms with Gasteiger partial charge in [-0.25, -0.2) is 4.39 Å². The van der Waals surface area contributed by atoms with Gasteiger partial charge in [0.05, 0.1) is 18.2 Å². The molecule has 0 radical (unpaired) electrons. The highest BCUT2D eigenvalue weighted by atomic mass is 19.1. The molecule has 27 heavy (non-hydrogen) atoms. The molecule has 5 nitrogen and oxygen atoms in total. The quantitative estimate of drug-likeness (QED) is 0.749. The molecular weight excluding hydrogens is 347 g/mol. The molecule has 0 aliphatic heterocycles. The normalized spacial score (nSPS) is 12.0. The Bertz CT molecular complexity index is 1060. The van der Waals surface area contributed by atoms with E-state index in [1.807, 2.05) is 12.1 Å². The molecule has 0 saturated carbocycles. The number of fused-ring (bicyclic) bond motifs is 1. The molecule has 0 fully saturated rings. The van der Waals surface area contributed by atoms with Gasteiger partial charge in [-0.15, -0.1) is 0 Å². The first-order chi connectivity index (χ1) is 12.9. The first kappa shape index (κ1) is 18.6. The van der Waals surface area contributed by atoms with Gasteiger partial charge in [0.2, 0.25) is 5.43 Å². The topological polar surface area (TPSA) is 60.3 Å². The van der Waals surface area contributed by atoms with E-state index in [-0.39, 0.29) is 16.7 Å². The summed E-state index contributed by atoms with van der Waals surface area (Å²) < 4.78 is 21.0. The molecule has 1 unspecified atom stereocenters. The van der Waals surface area contributed by atoms with Crippen LogP contribution in [0.15, 0.2) is 53.5 Å². The number of aryl methyl sites for hydroxylation is 1. The third kappa shape index (κ3) is 3.69. The van der Waals surface area contributed by atoms with Crippen LogP contribution in [0.2, 0.25) is 0 Å². The molecule has 0 aliphatic carbocycles. The molecule has 0 saturated heterocycles. The van der Waals surface area contributed by atoms with Crippen LogP contribution in [0.25, 0.3) is 10.9 Å². The van der Waals surface area contributed by atoms with E-state index >= 15 is 0 Å². The van der Waals surface area contributed by atoms with E-state index in [4.69, 9.17) is 4.74 Å². The van der Waals surface area contributed by atoms with Crippen LogP contribution in [0.1, 0.15) is 35.8 Å². The zero-order valence-corrected chi connectivity index (χ0v) is 15.5. The number of ether oxygens (including phenoxy) is 1. The van der Waals surface area contributed by atoms with Crippen molar-refractivity contribution < 1.29 is 13.9 Å². The summed E-state index contributed by atoms with van der Waals surface area (Å²) in [6, 6.07) is 11.2. The number of nitrogens with zero attached hydrogens (tertiary/aromatic N) is 1. The number of rotatable bonds is 5. The van der Waals surface area contributed by atoms with E-state index in [0.29, 0.717) is 17.6 Å². The van der Waals surface area contributed by atoms with Crippen LogP contribution < -0.4 is 15.5 Å². The Morgan fingerprint density at radius 3 is 2.70 bits per heavy atom. The number of hydrogen-bond acceptors (Lipinski definition) is 3. The predicted molar refractivity (Wildman–Crippen MR) is 103 cm³/mol. The van der Waals surface area contributed by atoms with Gasteiger partial charge in [0.1, 0.15) is 5.56 Å². The van der Waals surface area contributed by atoms with Crippen molar-refractivity contribution in [2.45, 2.75) is 19.9 Å². The Hall–Kier alpha value is -3.15. The Labute approximate surface area is 156 Å². The van der Waals surface area contributed by atoms with E-state index in [1.165, 1.54) is 18.3 Å². The number of halogens is 1. The lowest BCUT2D eigenvalue weighted by atomic mass is 10.1. The van der Waals surface area contributed by atoms with Crippen molar-refractivity contribution in [2.75, 3.05) is 6.61 Å². The second-order valence-corrected chi connectivity index (χ2v) is 6.32. The lowest BCUT2D eigenvalue weighted by molar-refractivity contribution is 0.0938. The van der Waals surface area contributed by atoms with Gasteiger partial charge in [-0.05, 0) is 43.7 Å². The minimum atomic E-state index is -0.497. The number of nitrogens with one attached hydrogen (secondary N) is 1. The maximum atomic E-state index is 14.1. The Morgan fingerprint density at radius 2 is 2.00 bits per heavy atom. The highest BCUT2D eigenvalue weighted by Crippen LogP contribution is 2.22. The van der Waals surface area contributed by atoms with E-state index in [0.717, 1.165) is 5.52 Å². The summed E-state index contributed by atoms with van der Waals surface area (Å²) in [5, 5.41) is 3.24. The molecule has 2 aromatic carbocycles. The summed E-state index contributed by atoms with van der Waals surface area (Å²) in [7, 11) is 1.78. The Kier molecular flexibility index (Phi) is 5.26. The SMILES string of the molecule is CCOc1ccc(C(C)NC(=O)c2cn(C)c3ccccc3c2=O)cc1F. The van der Waals surface area contributed by atoms with Gasteiger partial charge in [0.25, 0.3) is 5.91 Å². The fraction of sp³-hybridized carbons (Fsp3) is 0.238. The molecule has 1 amide bonds. The van der Waals surface area contributed by atoms with E-state index in [9.17, 15) is 14.0 Å². The molecule has 140 valence electrons. The van der Waals surface area contributed by atoms with Gasteiger partial charge in [-0.2, -0.15) is 0 Å². The first-order valence-electron chi connectivity index (χ1n) is 8.73. The summed E-state index contributed by atoms with van der Waals surface area (Å²) in [6.45, 7) is 3.88. The molecule has 0 bridgehead atoms. The van der Waals surface area contributed by atoms with Crippen molar-refractivity contribution >= 4 is 16.8 Å². The van der Waals surface area contributed by atoms with Crippen LogP contribution in [0.5, 0.6) is 5.75 Å². The van der Waals surface area contributed by atoms with Gasteiger partial charge in [0, 0.05) is 18.6 Å². The lowest BCUT2D eigenvalue weighted by Crippen LogP contribution is -2.31. The fourth-order valence-corrected chi connectivity index (χ4v) is 3.02. The van der Waals surface area contributed by atoms with Gasteiger partial charge >= 0.3 is 0 Å². The molecule has 1 aromatic heterocycles. The van der Waals surface area contributed by atoms with Crippen LogP contribution in [-0.2, 0) is 7.05 Å². The summed E-state index contributed by atoms with van der Waals surface area (Å²) in [5.41, 5.74) is 1.06. The molecule has 6 heteroatoms. The second kappa shape index (κ2) is 7.61. The summed E-state index contributed by atoms with van der Waals surface area (Å²) in [4.78, 5) is 25.3. The average Bonchev–Trinajstić information content (AvgIpc) is 2.66. The number of hydrogen-bond donors (Lipinski definition) is 1. The number of aromatic nitrogens is 1. The molecule has 1 atom stereocenters. The maximum Gasteiger partial charge on any atom is 0.257 e. The van der Waals surface area contributed by atoms with Crippen molar-refractivity contribution in [1.82, 2.24) is 9.88 Å². The van der Waals surface area contributed by atoms with Crippen LogP contribution in [0.4, 0.5) is 4.39 Å². The molecule has 3 rings (SSSR count). The molecule has 1 heterocycles. The molecule has 0 aliphatic rings. The standard InChI is InChI=1S/C21H21FN2O3/c1-4-27-19-10-9-14(11-17(19)22)13(2)23-21(26)16-12-24(3)18-8-6-5-7-15(18)20(16)25/h5-13H,4H2,1-3H3,(H,23,26). The number of carbonyl (C=O) groups excluding carboxylic acids is 1. The minimum absolute atomic E-state index is 0.0504. The number of carbonyl (C=O) groups is 1. The van der Waals surface area contributed by atoms with Crippen molar-refractivity contribution in [3.8, 4) is 5.75 Å². The van der Waals surface area contributed by atoms with Gasteiger partial charge in [0.15, 0.2) is 11.6 Å². The summed E-state index contributed by atoms with van der Waals surface area (Å²) in [6.07, 6.45) is 1.52. The molecular formula is C21H21FN2O3. The van der Waals surface area contributed by atoms with Gasteiger partial charge in [-0.1, -0.05) is 18.2 Å². The van der Waals surface area contributed by atoms with Crippen LogP contribution in [0, 0.1) is 5.82 Å². The van der Waals surface area contributed by atoms with E-state index < -0.39 is 17.8 Å². The summed E-state index contributed by atoms with van der Waals surface area (Å²) >= 11 is 0. The number of benzene rings is 2. The third-order valence-corrected chi connectivity index (χ3v) is 4.44. The summed E-state index contributed by atoms with van der Waals surface area (Å²) in [5.74, 6) is -0.816. The minimum Gasteiger partial charge on any atom is -0.491 e. The number of amides is 1. The van der Waals surface area contributed by atoms with Crippen molar-refractivity contribution in [2.24, 2.45) is 7.05 Å². The maximum absolute atomic E-state index is 14.1. The van der Waals surface area contributed by atoms with Gasteiger partial charge < -0.3 is 14.6 Å². The fourth-order valence-electron chi connectivity index (χ4n) is 3.02. The zero-order chi connectivity index (χ0) is 19.6. The monoisotopic (exact) mass is 368 g/mol. The Balaban J connectivity index is 1.87. The third-order valence-electron chi connectivity index (χ3n) is 4.44. The van der Waals surface area contributed by atoms with Crippen LogP contribution in [-0.4, -0.2) is 17.1 Å².